The first kappa shape index (κ1) is 28.5. The van der Waals surface area contributed by atoms with E-state index in [9.17, 15) is 9.59 Å². The van der Waals surface area contributed by atoms with Crippen LogP contribution in [0.4, 0.5) is 4.79 Å². The van der Waals surface area contributed by atoms with Crippen molar-refractivity contribution in [2.24, 2.45) is 16.6 Å². The number of carbonyl (C=O) groups excluding carboxylic acids is 2. The van der Waals surface area contributed by atoms with E-state index in [2.05, 4.69) is 0 Å². The molecule has 4 aromatic carbocycles. The van der Waals surface area contributed by atoms with Gasteiger partial charge in [0.1, 0.15) is 6.61 Å². The molecule has 1 unspecified atom stereocenters. The summed E-state index contributed by atoms with van der Waals surface area (Å²) in [5.74, 6) is 0.191. The summed E-state index contributed by atoms with van der Waals surface area (Å²) in [6.07, 6.45) is 1.16. The molecule has 0 saturated carbocycles. The van der Waals surface area contributed by atoms with Gasteiger partial charge in [-0.15, -0.1) is 0 Å². The molecule has 2 aliphatic rings. The molecule has 2 amide bonds. The Balaban J connectivity index is 1.19. The fourth-order valence-corrected chi connectivity index (χ4v) is 6.13. The van der Waals surface area contributed by atoms with Gasteiger partial charge in [0.2, 0.25) is 0 Å². The molecule has 0 spiro atoms. The van der Waals surface area contributed by atoms with Crippen LogP contribution in [0.3, 0.4) is 0 Å². The maximum atomic E-state index is 14.4. The van der Waals surface area contributed by atoms with Gasteiger partial charge in [0.05, 0.1) is 0 Å². The number of aliphatic imine (C=N–C) groups is 1. The minimum absolute atomic E-state index is 0.167. The SMILES string of the molecule is NC1=NC(c2ccccc2)(c2cccc(-c3cccc(Cl)c3)c2)C(=O)N1CC1CCN(C(=O)OCc2ccccc2)CC1. The zero-order valence-electron chi connectivity index (χ0n) is 23.7. The number of carbonyl (C=O) groups is 2. The quantitative estimate of drug-likeness (QED) is 0.267. The lowest BCUT2D eigenvalue weighted by atomic mass is 9.81. The van der Waals surface area contributed by atoms with Crippen LogP contribution >= 0.6 is 11.6 Å². The molecule has 1 fully saturated rings. The molecule has 0 radical (unpaired) electrons. The normalized spacial score (nSPS) is 18.9. The number of piperidine rings is 1. The van der Waals surface area contributed by atoms with E-state index in [0.717, 1.165) is 40.7 Å². The van der Waals surface area contributed by atoms with Gasteiger partial charge in [-0.05, 0) is 64.8 Å². The van der Waals surface area contributed by atoms with Gasteiger partial charge in [-0.25, -0.2) is 9.79 Å². The monoisotopic (exact) mass is 592 g/mol. The molecule has 2 aliphatic heterocycles. The summed E-state index contributed by atoms with van der Waals surface area (Å²) < 4.78 is 5.52. The molecule has 0 aliphatic carbocycles. The standard InChI is InChI=1S/C35H33ClN4O3/c36-31-16-8-12-28(22-31)27-11-7-15-30(21-27)35(29-13-5-2-6-14-29)32(41)40(33(37)38-35)23-25-17-19-39(20-18-25)34(42)43-24-26-9-3-1-4-10-26/h1-16,21-22,25H,17-20,23-24H2,(H2,37,38). The molecule has 7 nitrogen and oxygen atoms in total. The number of hydrogen-bond donors (Lipinski definition) is 1. The summed E-state index contributed by atoms with van der Waals surface area (Å²) in [7, 11) is 0. The van der Waals surface area contributed by atoms with Crippen molar-refractivity contribution in [1.29, 1.82) is 0 Å². The molecule has 8 heteroatoms. The minimum Gasteiger partial charge on any atom is -0.445 e. The van der Waals surface area contributed by atoms with Gasteiger partial charge in [-0.3, -0.25) is 9.69 Å². The lowest BCUT2D eigenvalue weighted by Gasteiger charge is -2.34. The van der Waals surface area contributed by atoms with Gasteiger partial charge in [0.25, 0.3) is 5.91 Å². The topological polar surface area (TPSA) is 88.2 Å². The van der Waals surface area contributed by atoms with Crippen LogP contribution in [0.1, 0.15) is 29.5 Å². The molecule has 218 valence electrons. The Morgan fingerprint density at radius 1 is 0.860 bits per heavy atom. The highest BCUT2D eigenvalue weighted by Crippen LogP contribution is 2.41. The van der Waals surface area contributed by atoms with E-state index in [1.807, 2.05) is 109 Å². The van der Waals surface area contributed by atoms with E-state index in [1.54, 1.807) is 9.80 Å². The molecular formula is C35H33ClN4O3. The molecule has 6 rings (SSSR count). The van der Waals surface area contributed by atoms with E-state index in [4.69, 9.17) is 27.1 Å². The number of ether oxygens (including phenoxy) is 1. The van der Waals surface area contributed by atoms with Crippen LogP contribution in [0.25, 0.3) is 11.1 Å². The zero-order valence-corrected chi connectivity index (χ0v) is 24.5. The Kier molecular flexibility index (Phi) is 8.16. The number of benzene rings is 4. The third kappa shape index (κ3) is 5.86. The smallest absolute Gasteiger partial charge is 0.410 e. The largest absolute Gasteiger partial charge is 0.445 e. The number of nitrogens with two attached hydrogens (primary N) is 1. The second kappa shape index (κ2) is 12.3. The van der Waals surface area contributed by atoms with Crippen molar-refractivity contribution < 1.29 is 14.3 Å². The van der Waals surface area contributed by atoms with Gasteiger partial charge < -0.3 is 15.4 Å². The van der Waals surface area contributed by atoms with Crippen LogP contribution in [0.2, 0.25) is 5.02 Å². The summed E-state index contributed by atoms with van der Waals surface area (Å²) in [5.41, 5.74) is 9.55. The highest BCUT2D eigenvalue weighted by Gasteiger charge is 2.51. The fraction of sp³-hybridized carbons (Fsp3) is 0.229. The van der Waals surface area contributed by atoms with Gasteiger partial charge in [-0.2, -0.15) is 0 Å². The van der Waals surface area contributed by atoms with Crippen molar-refractivity contribution in [3.05, 3.63) is 131 Å². The van der Waals surface area contributed by atoms with Gasteiger partial charge in [-0.1, -0.05) is 103 Å². The first-order chi connectivity index (χ1) is 20.9. The molecule has 2 heterocycles. The lowest BCUT2D eigenvalue weighted by molar-refractivity contribution is -0.130. The van der Waals surface area contributed by atoms with Crippen LogP contribution in [0.5, 0.6) is 0 Å². The summed E-state index contributed by atoms with van der Waals surface area (Å²) in [6, 6.07) is 34.7. The minimum atomic E-state index is -1.30. The van der Waals surface area contributed by atoms with E-state index >= 15 is 0 Å². The highest BCUT2D eigenvalue weighted by molar-refractivity contribution is 6.30. The van der Waals surface area contributed by atoms with Crippen molar-refractivity contribution in [1.82, 2.24) is 9.80 Å². The summed E-state index contributed by atoms with van der Waals surface area (Å²) in [6.45, 7) is 1.80. The second-order valence-electron chi connectivity index (χ2n) is 11.0. The van der Waals surface area contributed by atoms with Crippen molar-refractivity contribution in [2.45, 2.75) is 25.0 Å². The third-order valence-electron chi connectivity index (χ3n) is 8.26. The number of hydrogen-bond acceptors (Lipinski definition) is 5. The summed E-state index contributed by atoms with van der Waals surface area (Å²) in [4.78, 5) is 35.3. The molecule has 1 atom stereocenters. The van der Waals surface area contributed by atoms with Crippen LogP contribution in [0, 0.1) is 5.92 Å². The zero-order chi connectivity index (χ0) is 29.8. The predicted octanol–water partition coefficient (Wildman–Crippen LogP) is 6.46. The van der Waals surface area contributed by atoms with Gasteiger partial charge >= 0.3 is 6.09 Å². The van der Waals surface area contributed by atoms with Crippen molar-refractivity contribution >= 4 is 29.6 Å². The molecule has 2 N–H and O–H groups in total. The van der Waals surface area contributed by atoms with Crippen molar-refractivity contribution in [2.75, 3.05) is 19.6 Å². The van der Waals surface area contributed by atoms with E-state index in [1.165, 1.54) is 0 Å². The lowest BCUT2D eigenvalue weighted by Crippen LogP contribution is -2.48. The van der Waals surface area contributed by atoms with Crippen LogP contribution in [-0.4, -0.2) is 47.4 Å². The Labute approximate surface area is 256 Å². The van der Waals surface area contributed by atoms with E-state index in [-0.39, 0.29) is 30.5 Å². The first-order valence-corrected chi connectivity index (χ1v) is 14.9. The fourth-order valence-electron chi connectivity index (χ4n) is 5.94. The van der Waals surface area contributed by atoms with Gasteiger partial charge in [0.15, 0.2) is 11.5 Å². The van der Waals surface area contributed by atoms with E-state index in [0.29, 0.717) is 24.7 Å². The summed E-state index contributed by atoms with van der Waals surface area (Å²) in [5, 5.41) is 0.640. The molecular weight excluding hydrogens is 560 g/mol. The van der Waals surface area contributed by atoms with Crippen LogP contribution in [0.15, 0.2) is 114 Å². The maximum absolute atomic E-state index is 14.4. The summed E-state index contributed by atoms with van der Waals surface area (Å²) >= 11 is 6.28. The molecule has 0 bridgehead atoms. The number of halogens is 1. The van der Waals surface area contributed by atoms with Crippen molar-refractivity contribution in [3.63, 3.8) is 0 Å². The number of likely N-dealkylation sites (tertiary alicyclic amines) is 1. The average Bonchev–Trinajstić information content (AvgIpc) is 3.30. The first-order valence-electron chi connectivity index (χ1n) is 14.5. The van der Waals surface area contributed by atoms with Gasteiger partial charge in [0, 0.05) is 24.7 Å². The Morgan fingerprint density at radius 2 is 1.49 bits per heavy atom. The Hall–Kier alpha value is -4.62. The molecule has 43 heavy (non-hydrogen) atoms. The Morgan fingerprint density at radius 3 is 2.19 bits per heavy atom. The second-order valence-corrected chi connectivity index (χ2v) is 11.5. The maximum Gasteiger partial charge on any atom is 0.410 e. The number of amides is 2. The van der Waals surface area contributed by atoms with Crippen molar-refractivity contribution in [3.8, 4) is 11.1 Å². The third-order valence-corrected chi connectivity index (χ3v) is 8.50. The number of rotatable bonds is 7. The van der Waals surface area contributed by atoms with Crippen LogP contribution < -0.4 is 5.73 Å². The van der Waals surface area contributed by atoms with Crippen LogP contribution in [-0.2, 0) is 21.7 Å². The molecule has 0 aromatic heterocycles. The molecule has 4 aromatic rings. The van der Waals surface area contributed by atoms with E-state index < -0.39 is 5.54 Å². The predicted molar refractivity (Wildman–Crippen MR) is 168 cm³/mol. The average molecular weight is 593 g/mol. The highest BCUT2D eigenvalue weighted by atomic mass is 35.5. The Bertz CT molecular complexity index is 1640. The molecule has 1 saturated heterocycles. The number of nitrogens with zero attached hydrogens (tertiary/aromatic N) is 3. The number of guanidine groups is 1.